The first kappa shape index (κ1) is 21.7. The van der Waals surface area contributed by atoms with E-state index in [0.29, 0.717) is 0 Å². The third kappa shape index (κ3) is 5.90. The molecule has 1 heterocycles. The topological polar surface area (TPSA) is 164 Å². The summed E-state index contributed by atoms with van der Waals surface area (Å²) in [5.74, 6) is 0. The Bertz CT molecular complexity index is 384. The summed E-state index contributed by atoms with van der Waals surface area (Å²) >= 11 is 0. The van der Waals surface area contributed by atoms with Crippen LogP contribution in [0, 0.1) is 0 Å². The van der Waals surface area contributed by atoms with Gasteiger partial charge in [-0.3, -0.25) is 0 Å². The number of hydrogen-bond acceptors (Lipinski definition) is 11. The Hall–Kier alpha value is -0.300. The number of hydrogen-bond donors (Lipinski definition) is 5. The van der Waals surface area contributed by atoms with E-state index in [1.807, 2.05) is 0 Å². The molecule has 11 nitrogen and oxygen atoms in total. The highest BCUT2D eigenvalue weighted by Crippen LogP contribution is 2.25. The van der Waals surface area contributed by atoms with Crippen LogP contribution in [-0.4, -0.2) is 102 Å². The summed E-state index contributed by atoms with van der Waals surface area (Å²) in [4.78, 5) is 0. The molecule has 1 aliphatic rings. The molecule has 1 saturated heterocycles. The molecule has 1 fully saturated rings. The minimum Gasteiger partial charge on any atom is -0.394 e. The van der Waals surface area contributed by atoms with Crippen LogP contribution in [0.25, 0.3) is 0 Å². The number of aliphatic hydroxyl groups excluding tert-OH is 5. The average molecular weight is 375 g/mol. The molecular weight excluding hydrogens is 351 g/mol. The predicted octanol–water partition coefficient (Wildman–Crippen LogP) is -2.50. The molecule has 8 unspecified atom stereocenters. The van der Waals surface area contributed by atoms with Crippen LogP contribution in [0.1, 0.15) is 0 Å². The van der Waals surface area contributed by atoms with Crippen molar-refractivity contribution in [1.29, 1.82) is 0 Å². The Kier molecular flexibility index (Phi) is 9.64. The van der Waals surface area contributed by atoms with Gasteiger partial charge < -0.3 is 39.7 Å². The van der Waals surface area contributed by atoms with E-state index in [0.717, 1.165) is 7.11 Å². The molecule has 0 radical (unpaired) electrons. The highest BCUT2D eigenvalue weighted by molar-refractivity contribution is 7.33. The van der Waals surface area contributed by atoms with Crippen LogP contribution in [0.2, 0.25) is 0 Å². The summed E-state index contributed by atoms with van der Waals surface area (Å²) in [7, 11) is 0.0635. The first-order valence-electron chi connectivity index (χ1n) is 7.12. The van der Waals surface area contributed by atoms with Gasteiger partial charge >= 0.3 is 8.25 Å². The Labute approximate surface area is 139 Å². The molecule has 1 aliphatic heterocycles. The summed E-state index contributed by atoms with van der Waals surface area (Å²) < 4.78 is 35.2. The number of aliphatic hydroxyl groups is 5. The van der Waals surface area contributed by atoms with E-state index in [4.69, 9.17) is 19.3 Å². The SMILES string of the molecule is COC1C(CO)OC(OCC(O)C(O)C(O)CO[P+](=O)OC)C1O. The van der Waals surface area contributed by atoms with Crippen LogP contribution in [0.5, 0.6) is 0 Å². The van der Waals surface area contributed by atoms with Crippen LogP contribution in [0.4, 0.5) is 0 Å². The second-order valence-corrected chi connectivity index (χ2v) is 6.15. The highest BCUT2D eigenvalue weighted by Gasteiger charge is 2.45. The van der Waals surface area contributed by atoms with Gasteiger partial charge in [0.05, 0.1) is 20.3 Å². The van der Waals surface area contributed by atoms with Crippen LogP contribution >= 0.6 is 8.25 Å². The van der Waals surface area contributed by atoms with E-state index < -0.39 is 71.0 Å². The van der Waals surface area contributed by atoms with Crippen molar-refractivity contribution >= 4 is 8.25 Å². The van der Waals surface area contributed by atoms with Gasteiger partial charge in [-0.25, -0.2) is 0 Å². The third-order valence-corrected chi connectivity index (χ3v) is 4.12. The summed E-state index contributed by atoms with van der Waals surface area (Å²) in [6.45, 7) is -1.40. The summed E-state index contributed by atoms with van der Waals surface area (Å²) in [5, 5.41) is 48.2. The van der Waals surface area contributed by atoms with E-state index in [1.54, 1.807) is 0 Å². The van der Waals surface area contributed by atoms with Gasteiger partial charge in [-0.05, 0) is 0 Å². The first-order valence-corrected chi connectivity index (χ1v) is 8.22. The standard InChI is InChI=1S/C12H24O11P/c1-19-11-8(3-13)23-12(10(11)17)21-4-6(14)9(16)7(15)5-22-24(18)20-2/h6-17H,3-5H2,1-2H3/q+1. The fourth-order valence-corrected chi connectivity index (χ4v) is 2.50. The molecule has 0 spiro atoms. The maximum absolute atomic E-state index is 10.9. The van der Waals surface area contributed by atoms with Gasteiger partial charge in [-0.1, -0.05) is 0 Å². The Morgan fingerprint density at radius 3 is 2.29 bits per heavy atom. The van der Waals surface area contributed by atoms with Crippen molar-refractivity contribution in [2.45, 2.75) is 42.9 Å². The first-order chi connectivity index (χ1) is 11.3. The molecule has 1 rings (SSSR count). The monoisotopic (exact) mass is 375 g/mol. The number of methoxy groups -OCH3 is 1. The molecule has 5 N–H and O–H groups in total. The van der Waals surface area contributed by atoms with Gasteiger partial charge in [-0.2, -0.15) is 0 Å². The molecule has 0 aromatic carbocycles. The molecule has 8 atom stereocenters. The van der Waals surface area contributed by atoms with Crippen LogP contribution in [0.3, 0.4) is 0 Å². The van der Waals surface area contributed by atoms with Gasteiger partial charge in [0, 0.05) is 11.7 Å². The van der Waals surface area contributed by atoms with E-state index in [-0.39, 0.29) is 0 Å². The van der Waals surface area contributed by atoms with Gasteiger partial charge in [0.25, 0.3) is 0 Å². The van der Waals surface area contributed by atoms with Gasteiger partial charge in [0.2, 0.25) is 0 Å². The van der Waals surface area contributed by atoms with Crippen LogP contribution < -0.4 is 0 Å². The van der Waals surface area contributed by atoms with Crippen molar-refractivity contribution < 1.29 is 53.4 Å². The lowest BCUT2D eigenvalue weighted by molar-refractivity contribution is -0.194. The predicted molar refractivity (Wildman–Crippen MR) is 77.1 cm³/mol. The van der Waals surface area contributed by atoms with Crippen LogP contribution in [0.15, 0.2) is 0 Å². The minimum atomic E-state index is -2.41. The van der Waals surface area contributed by atoms with Crippen LogP contribution in [-0.2, 0) is 27.8 Å². The van der Waals surface area contributed by atoms with Crippen molar-refractivity contribution in [3.63, 3.8) is 0 Å². The van der Waals surface area contributed by atoms with Crippen molar-refractivity contribution in [2.75, 3.05) is 34.0 Å². The Morgan fingerprint density at radius 2 is 1.79 bits per heavy atom. The molecule has 12 heteroatoms. The molecule has 0 amide bonds. The molecule has 0 aromatic rings. The fraction of sp³-hybridized carbons (Fsp3) is 1.00. The van der Waals surface area contributed by atoms with Crippen molar-refractivity contribution in [2.24, 2.45) is 0 Å². The smallest absolute Gasteiger partial charge is 0.394 e. The maximum Gasteiger partial charge on any atom is 0.697 e. The lowest BCUT2D eigenvalue weighted by atomic mass is 10.1. The van der Waals surface area contributed by atoms with E-state index in [1.165, 1.54) is 7.11 Å². The lowest BCUT2D eigenvalue weighted by Gasteiger charge is -2.23. The average Bonchev–Trinajstić information content (AvgIpc) is 2.91. The lowest BCUT2D eigenvalue weighted by Crippen LogP contribution is -2.43. The maximum atomic E-state index is 10.9. The molecule has 0 bridgehead atoms. The van der Waals surface area contributed by atoms with Gasteiger partial charge in [0.15, 0.2) is 6.29 Å². The second kappa shape index (κ2) is 10.6. The van der Waals surface area contributed by atoms with E-state index in [2.05, 4.69) is 9.05 Å². The molecule has 24 heavy (non-hydrogen) atoms. The summed E-state index contributed by atoms with van der Waals surface area (Å²) in [5.41, 5.74) is 0. The molecule has 0 saturated carbocycles. The fourth-order valence-electron chi connectivity index (χ4n) is 2.12. The number of ether oxygens (including phenoxy) is 3. The van der Waals surface area contributed by atoms with Crippen molar-refractivity contribution in [3.05, 3.63) is 0 Å². The van der Waals surface area contributed by atoms with E-state index >= 15 is 0 Å². The normalized spacial score (nSPS) is 31.7. The van der Waals surface area contributed by atoms with E-state index in [9.17, 15) is 25.0 Å². The minimum absolute atomic E-state index is 0.395. The zero-order valence-electron chi connectivity index (χ0n) is 13.3. The quantitative estimate of drug-likeness (QED) is 0.242. The zero-order chi connectivity index (χ0) is 18.3. The molecule has 0 aliphatic carbocycles. The largest absolute Gasteiger partial charge is 0.697 e. The molecule has 142 valence electrons. The Balaban J connectivity index is 2.41. The second-order valence-electron chi connectivity index (χ2n) is 5.08. The number of rotatable bonds is 11. The van der Waals surface area contributed by atoms with Gasteiger partial charge in [0.1, 0.15) is 43.2 Å². The summed E-state index contributed by atoms with van der Waals surface area (Å²) in [6.07, 6.45) is -8.69. The molecule has 0 aromatic heterocycles. The van der Waals surface area contributed by atoms with Crippen molar-refractivity contribution in [3.8, 4) is 0 Å². The summed E-state index contributed by atoms with van der Waals surface area (Å²) in [6, 6.07) is 0. The zero-order valence-corrected chi connectivity index (χ0v) is 14.2. The highest BCUT2D eigenvalue weighted by atomic mass is 31.1. The van der Waals surface area contributed by atoms with Crippen molar-refractivity contribution in [1.82, 2.24) is 0 Å². The Morgan fingerprint density at radius 1 is 1.17 bits per heavy atom. The molecular formula is C12H24O11P+. The third-order valence-electron chi connectivity index (χ3n) is 3.46. The van der Waals surface area contributed by atoms with Gasteiger partial charge in [-0.15, -0.1) is 9.05 Å².